The summed E-state index contributed by atoms with van der Waals surface area (Å²) >= 11 is 0. The van der Waals surface area contributed by atoms with E-state index in [4.69, 9.17) is 0 Å². The second kappa shape index (κ2) is 20.9. The number of benzene rings is 3. The first-order chi connectivity index (χ1) is 28.3. The molecule has 0 amide bonds. The molecule has 1 aliphatic rings. The molecular weight excluding hydrogens is 768 g/mol. The van der Waals surface area contributed by atoms with Crippen molar-refractivity contribution >= 4 is 29.6 Å². The van der Waals surface area contributed by atoms with Crippen LogP contribution in [0.3, 0.4) is 0 Å². The number of nitro groups is 1. The van der Waals surface area contributed by atoms with Gasteiger partial charge in [0.25, 0.3) is 5.69 Å². The van der Waals surface area contributed by atoms with Crippen molar-refractivity contribution in [1.82, 2.24) is 0 Å². The molecule has 13 heteroatoms. The third-order valence-electron chi connectivity index (χ3n) is 11.2. The van der Waals surface area contributed by atoms with Crippen LogP contribution in [-0.4, -0.2) is 30.6 Å². The van der Waals surface area contributed by atoms with Gasteiger partial charge >= 0.3 is 0 Å². The Morgan fingerprint density at radius 1 is 0.949 bits per heavy atom. The molecule has 3 aromatic carbocycles. The number of allylic oxidation sites excluding steroid dienone is 6. The van der Waals surface area contributed by atoms with Gasteiger partial charge < -0.3 is 19.8 Å². The Hall–Kier alpha value is -5.64. The van der Waals surface area contributed by atoms with Crippen LogP contribution in [0.25, 0.3) is 0 Å². The van der Waals surface area contributed by atoms with E-state index < -0.39 is 56.8 Å². The summed E-state index contributed by atoms with van der Waals surface area (Å²) in [6, 6.07) is 12.5. The number of aryl methyl sites for hydroxylation is 1. The Morgan fingerprint density at radius 2 is 1.59 bits per heavy atom. The van der Waals surface area contributed by atoms with Gasteiger partial charge in [-0.05, 0) is 80.5 Å². The highest BCUT2D eigenvalue weighted by Crippen LogP contribution is 2.51. The average Bonchev–Trinajstić information content (AvgIpc) is 3.47. The van der Waals surface area contributed by atoms with Gasteiger partial charge in [-0.1, -0.05) is 70.7 Å². The van der Waals surface area contributed by atoms with Gasteiger partial charge in [0.15, 0.2) is 23.3 Å². The van der Waals surface area contributed by atoms with Crippen LogP contribution in [0, 0.1) is 50.5 Å². The number of carbonyl (C=O) groups is 2. The number of aldehydes is 2. The van der Waals surface area contributed by atoms with E-state index >= 15 is 8.78 Å². The van der Waals surface area contributed by atoms with Crippen molar-refractivity contribution in [2.24, 2.45) is 0 Å². The number of hydrogen-bond acceptors (Lipinski definition) is 7. The molecule has 1 heterocycles. The van der Waals surface area contributed by atoms with Crippen LogP contribution in [0.15, 0.2) is 72.0 Å². The van der Waals surface area contributed by atoms with E-state index in [1.807, 2.05) is 32.9 Å². The van der Waals surface area contributed by atoms with Gasteiger partial charge in [-0.25, -0.2) is 22.0 Å². The second-order valence-electron chi connectivity index (χ2n) is 15.1. The van der Waals surface area contributed by atoms with Crippen molar-refractivity contribution in [1.29, 1.82) is 5.26 Å². The molecule has 1 unspecified atom stereocenters. The van der Waals surface area contributed by atoms with Gasteiger partial charge in [0.1, 0.15) is 12.6 Å². The zero-order valence-electron chi connectivity index (χ0n) is 34.0. The maximum atomic E-state index is 15.3. The van der Waals surface area contributed by atoms with Gasteiger partial charge in [0.05, 0.1) is 22.1 Å². The number of fused-ring (bicyclic) bond motifs is 1. The monoisotopic (exact) mass is 818 g/mol. The topological polar surface area (TPSA) is 116 Å². The molecule has 1 aliphatic heterocycles. The van der Waals surface area contributed by atoms with E-state index in [0.29, 0.717) is 60.2 Å². The summed E-state index contributed by atoms with van der Waals surface area (Å²) in [5.74, 6) is -10.2. The summed E-state index contributed by atoms with van der Waals surface area (Å²) in [7, 11) is 0. The SMILES string of the molecule is CCCCC(C/C=C/C(C#N)=C/C=C1/N(CCC=O)c2ccc(CC)cc2C1(C)Cc1c(F)c(F)c(F)c(F)c1F)(CCCC)c1c(NCCC=O)cccc1[N+](=O)[O-]. The number of nitriles is 1. The quantitative estimate of drug-likeness (QED) is 0.0123. The summed E-state index contributed by atoms with van der Waals surface area (Å²) in [6.45, 7) is 8.04. The minimum absolute atomic E-state index is 0.0435. The van der Waals surface area contributed by atoms with Crippen LogP contribution >= 0.6 is 0 Å². The normalized spacial score (nSPS) is 16.1. The third kappa shape index (κ3) is 9.98. The number of halogens is 5. The molecule has 0 saturated carbocycles. The molecule has 0 saturated heterocycles. The Labute approximate surface area is 342 Å². The van der Waals surface area contributed by atoms with Gasteiger partial charge in [0.2, 0.25) is 5.82 Å². The van der Waals surface area contributed by atoms with Crippen molar-refractivity contribution < 1.29 is 36.5 Å². The standard InChI is InChI=1S/C46H51F5N4O4/c1-5-8-21-46(22-9-6-2,39-35(53-24-12-26-56)15-10-16-37(39)55(58)59)23-11-14-32(30-52)18-20-38-45(4,29-33-40(47)42(49)44(51)43(50)41(33)48)34-28-31(7-3)17-19-36(34)54(38)25-13-27-57/h10-11,14-20,26-28,53H,5-9,12-13,21-25,29H2,1-4H3/b14-11+,32-18-,38-20+. The van der Waals surface area contributed by atoms with Crippen LogP contribution in [0.4, 0.5) is 39.0 Å². The molecule has 3 aromatic rings. The molecule has 0 aliphatic carbocycles. The molecule has 59 heavy (non-hydrogen) atoms. The Balaban J connectivity index is 1.89. The third-order valence-corrected chi connectivity index (χ3v) is 11.2. The minimum Gasteiger partial charge on any atom is -0.384 e. The van der Waals surface area contributed by atoms with Gasteiger partial charge in [-0.3, -0.25) is 10.1 Å². The number of hydrogen-bond donors (Lipinski definition) is 1. The molecule has 4 rings (SSSR count). The van der Waals surface area contributed by atoms with Crippen molar-refractivity contribution in [3.8, 4) is 6.07 Å². The fourth-order valence-electron chi connectivity index (χ4n) is 8.17. The second-order valence-corrected chi connectivity index (χ2v) is 15.1. The van der Waals surface area contributed by atoms with E-state index in [1.165, 1.54) is 12.1 Å². The number of nitrogens with one attached hydrogen (secondary N) is 1. The molecule has 0 spiro atoms. The number of carbonyl (C=O) groups excluding carboxylic acids is 2. The van der Waals surface area contributed by atoms with Crippen LogP contribution in [-0.2, 0) is 33.3 Å². The van der Waals surface area contributed by atoms with E-state index in [2.05, 4.69) is 11.4 Å². The van der Waals surface area contributed by atoms with Crippen LogP contribution in [0.1, 0.15) is 108 Å². The van der Waals surface area contributed by atoms with Crippen molar-refractivity contribution in [2.45, 2.75) is 109 Å². The summed E-state index contributed by atoms with van der Waals surface area (Å²) in [4.78, 5) is 36.7. The Bertz CT molecular complexity index is 2120. The lowest BCUT2D eigenvalue weighted by molar-refractivity contribution is -0.386. The molecule has 0 aromatic heterocycles. The maximum absolute atomic E-state index is 15.3. The molecule has 1 atom stereocenters. The van der Waals surface area contributed by atoms with Gasteiger partial charge in [0, 0.05) is 65.5 Å². The number of rotatable bonds is 22. The lowest BCUT2D eigenvalue weighted by Gasteiger charge is -2.35. The van der Waals surface area contributed by atoms with E-state index in [-0.39, 0.29) is 37.2 Å². The highest BCUT2D eigenvalue weighted by Gasteiger charge is 2.45. The molecule has 0 bridgehead atoms. The number of nitrogens with zero attached hydrogens (tertiary/aromatic N) is 3. The van der Waals surface area contributed by atoms with Crippen LogP contribution in [0.2, 0.25) is 0 Å². The molecule has 0 fully saturated rings. The highest BCUT2D eigenvalue weighted by molar-refractivity contribution is 5.73. The minimum atomic E-state index is -2.26. The summed E-state index contributed by atoms with van der Waals surface area (Å²) in [6.07, 6.45) is 12.9. The fraction of sp³-hybridized carbons (Fsp3) is 0.413. The molecule has 314 valence electrons. The van der Waals surface area contributed by atoms with E-state index in [1.54, 1.807) is 48.3 Å². The average molecular weight is 819 g/mol. The molecule has 8 nitrogen and oxygen atoms in total. The Morgan fingerprint density at radius 3 is 2.17 bits per heavy atom. The zero-order valence-corrected chi connectivity index (χ0v) is 34.0. The lowest BCUT2D eigenvalue weighted by atomic mass is 9.69. The molecular formula is C46H51F5N4O4. The number of nitro benzene ring substituents is 1. The predicted octanol–water partition coefficient (Wildman–Crippen LogP) is 11.4. The lowest BCUT2D eigenvalue weighted by Crippen LogP contribution is -2.32. The smallest absolute Gasteiger partial charge is 0.275 e. The van der Waals surface area contributed by atoms with Crippen molar-refractivity contribution in [2.75, 3.05) is 23.3 Å². The fourth-order valence-corrected chi connectivity index (χ4v) is 8.17. The Kier molecular flexibility index (Phi) is 16.3. The van der Waals surface area contributed by atoms with Crippen molar-refractivity contribution in [3.63, 3.8) is 0 Å². The number of anilines is 2. The van der Waals surface area contributed by atoms with Crippen molar-refractivity contribution in [3.05, 3.63) is 133 Å². The van der Waals surface area contributed by atoms with Crippen LogP contribution < -0.4 is 10.2 Å². The largest absolute Gasteiger partial charge is 0.384 e. The maximum Gasteiger partial charge on any atom is 0.275 e. The molecule has 1 N–H and O–H groups in total. The van der Waals surface area contributed by atoms with E-state index in [9.17, 15) is 38.1 Å². The van der Waals surface area contributed by atoms with Gasteiger partial charge in [-0.15, -0.1) is 0 Å². The van der Waals surface area contributed by atoms with Crippen LogP contribution in [0.5, 0.6) is 0 Å². The van der Waals surface area contributed by atoms with E-state index in [0.717, 1.165) is 37.5 Å². The predicted molar refractivity (Wildman–Crippen MR) is 220 cm³/mol. The number of unbranched alkanes of at least 4 members (excludes halogenated alkanes) is 2. The summed E-state index contributed by atoms with van der Waals surface area (Å²) in [5.41, 5.74) is 0.483. The highest BCUT2D eigenvalue weighted by atomic mass is 19.2. The first-order valence-electron chi connectivity index (χ1n) is 20.1. The first kappa shape index (κ1) is 46.1. The van der Waals surface area contributed by atoms with Gasteiger partial charge in [-0.2, -0.15) is 5.26 Å². The summed E-state index contributed by atoms with van der Waals surface area (Å²) in [5, 5.41) is 26.1. The zero-order chi connectivity index (χ0) is 43.3. The first-order valence-corrected chi connectivity index (χ1v) is 20.1. The summed E-state index contributed by atoms with van der Waals surface area (Å²) < 4.78 is 73.8. The molecule has 0 radical (unpaired) electrons.